The Hall–Kier alpha value is -3.03. The molecule has 1 aromatic heterocycles. The van der Waals surface area contributed by atoms with Crippen molar-refractivity contribution in [2.75, 3.05) is 0 Å². The summed E-state index contributed by atoms with van der Waals surface area (Å²) in [7, 11) is 0. The van der Waals surface area contributed by atoms with Gasteiger partial charge in [-0.2, -0.15) is 5.10 Å². The summed E-state index contributed by atoms with van der Waals surface area (Å²) in [5.74, 6) is -1.49. The number of carbonyl (C=O) groups is 1. The highest BCUT2D eigenvalue weighted by atomic mass is 16.6. The molecule has 1 N–H and O–H groups in total. The van der Waals surface area contributed by atoms with Crippen molar-refractivity contribution >= 4 is 11.7 Å². The van der Waals surface area contributed by atoms with Crippen molar-refractivity contribution in [1.29, 1.82) is 0 Å². The molecule has 0 unspecified atom stereocenters. The van der Waals surface area contributed by atoms with Crippen LogP contribution in [0.25, 0.3) is 5.69 Å². The van der Waals surface area contributed by atoms with E-state index in [-0.39, 0.29) is 11.4 Å². The molecule has 0 atom stereocenters. The lowest BCUT2D eigenvalue weighted by molar-refractivity contribution is -0.384. The van der Waals surface area contributed by atoms with E-state index in [1.807, 2.05) is 0 Å². The molecule has 0 bridgehead atoms. The Balaban J connectivity index is 2.69. The number of carboxylic acids is 1. The van der Waals surface area contributed by atoms with Crippen LogP contribution in [0.15, 0.2) is 35.3 Å². The number of carboxylic acid groups (broad SMARTS) is 1. The zero-order valence-electron chi connectivity index (χ0n) is 10.3. The van der Waals surface area contributed by atoms with E-state index in [0.717, 1.165) is 10.7 Å². The fraction of sp³-hybridized carbons (Fsp3) is 0.0833. The van der Waals surface area contributed by atoms with Crippen LogP contribution in [0.5, 0.6) is 0 Å². The summed E-state index contributed by atoms with van der Waals surface area (Å²) in [6, 6.07) is 5.41. The van der Waals surface area contributed by atoms with Gasteiger partial charge in [0.1, 0.15) is 5.69 Å². The molecule has 2 rings (SSSR count). The van der Waals surface area contributed by atoms with Gasteiger partial charge in [-0.15, -0.1) is 0 Å². The minimum Gasteiger partial charge on any atom is -0.476 e. The number of nitro benzene ring substituents is 1. The smallest absolute Gasteiger partial charge is 0.360 e. The SMILES string of the molecule is Cc1ccc(-n2ccc(=O)c(C(=O)O)n2)c([N+](=O)[O-])c1. The van der Waals surface area contributed by atoms with Gasteiger partial charge in [0.25, 0.3) is 5.69 Å². The lowest BCUT2D eigenvalue weighted by Gasteiger charge is -2.07. The van der Waals surface area contributed by atoms with E-state index in [0.29, 0.717) is 5.56 Å². The Morgan fingerprint density at radius 3 is 2.70 bits per heavy atom. The van der Waals surface area contributed by atoms with E-state index in [1.165, 1.54) is 18.3 Å². The van der Waals surface area contributed by atoms with Gasteiger partial charge in [0.2, 0.25) is 11.1 Å². The Morgan fingerprint density at radius 2 is 2.10 bits per heavy atom. The second-order valence-corrected chi connectivity index (χ2v) is 4.03. The summed E-state index contributed by atoms with van der Waals surface area (Å²) in [6.07, 6.45) is 1.19. The van der Waals surface area contributed by atoms with Crippen molar-refractivity contribution in [1.82, 2.24) is 9.78 Å². The maximum Gasteiger partial charge on any atom is 0.360 e. The first-order valence-electron chi connectivity index (χ1n) is 5.49. The molecule has 0 spiro atoms. The number of nitrogens with zero attached hydrogens (tertiary/aromatic N) is 3. The summed E-state index contributed by atoms with van der Waals surface area (Å²) < 4.78 is 1.00. The van der Waals surface area contributed by atoms with E-state index in [4.69, 9.17) is 5.11 Å². The van der Waals surface area contributed by atoms with Crippen molar-refractivity contribution in [3.05, 3.63) is 62.1 Å². The maximum absolute atomic E-state index is 11.3. The number of benzene rings is 1. The van der Waals surface area contributed by atoms with Crippen LogP contribution in [0.4, 0.5) is 5.69 Å². The fourth-order valence-electron chi connectivity index (χ4n) is 1.66. The van der Waals surface area contributed by atoms with Crippen LogP contribution in [0.2, 0.25) is 0 Å². The second-order valence-electron chi connectivity index (χ2n) is 4.03. The van der Waals surface area contributed by atoms with Crippen molar-refractivity contribution in [2.24, 2.45) is 0 Å². The van der Waals surface area contributed by atoms with Crippen LogP contribution < -0.4 is 5.43 Å². The predicted octanol–water partition coefficient (Wildman–Crippen LogP) is 1.15. The number of aromatic carboxylic acids is 1. The first kappa shape index (κ1) is 13.4. The molecule has 1 heterocycles. The lowest BCUT2D eigenvalue weighted by atomic mass is 10.2. The highest BCUT2D eigenvalue weighted by Gasteiger charge is 2.18. The number of rotatable bonds is 3. The monoisotopic (exact) mass is 275 g/mol. The normalized spacial score (nSPS) is 10.2. The summed E-state index contributed by atoms with van der Waals surface area (Å²) >= 11 is 0. The van der Waals surface area contributed by atoms with E-state index in [1.54, 1.807) is 13.0 Å². The first-order chi connectivity index (χ1) is 9.40. The van der Waals surface area contributed by atoms with Gasteiger partial charge in [-0.3, -0.25) is 14.9 Å². The van der Waals surface area contributed by atoms with Crippen molar-refractivity contribution in [3.63, 3.8) is 0 Å². The van der Waals surface area contributed by atoms with Crippen LogP contribution in [0, 0.1) is 17.0 Å². The molecule has 0 saturated carbocycles. The summed E-state index contributed by atoms with van der Waals surface area (Å²) in [5.41, 5.74) is -0.911. The number of aryl methyl sites for hydroxylation is 1. The molecule has 1 aromatic carbocycles. The highest BCUT2D eigenvalue weighted by molar-refractivity contribution is 5.84. The molecular formula is C12H9N3O5. The highest BCUT2D eigenvalue weighted by Crippen LogP contribution is 2.22. The van der Waals surface area contributed by atoms with Gasteiger partial charge in [0, 0.05) is 18.3 Å². The predicted molar refractivity (Wildman–Crippen MR) is 68.2 cm³/mol. The number of hydrogen-bond acceptors (Lipinski definition) is 5. The topological polar surface area (TPSA) is 115 Å². The molecule has 2 aromatic rings. The zero-order chi connectivity index (χ0) is 14.9. The van der Waals surface area contributed by atoms with Gasteiger partial charge in [-0.05, 0) is 18.6 Å². The molecule has 0 aliphatic rings. The average Bonchev–Trinajstić information content (AvgIpc) is 2.39. The van der Waals surface area contributed by atoms with E-state index in [9.17, 15) is 19.7 Å². The van der Waals surface area contributed by atoms with Gasteiger partial charge < -0.3 is 5.11 Å². The van der Waals surface area contributed by atoms with Crippen LogP contribution in [0.1, 0.15) is 16.1 Å². The molecule has 0 aliphatic heterocycles. The molecule has 8 heteroatoms. The first-order valence-corrected chi connectivity index (χ1v) is 5.49. The largest absolute Gasteiger partial charge is 0.476 e. The van der Waals surface area contributed by atoms with Gasteiger partial charge >= 0.3 is 5.97 Å². The third-order valence-corrected chi connectivity index (χ3v) is 2.59. The summed E-state index contributed by atoms with van der Waals surface area (Å²) in [5, 5.41) is 23.5. The molecule has 8 nitrogen and oxygen atoms in total. The third kappa shape index (κ3) is 2.39. The summed E-state index contributed by atoms with van der Waals surface area (Å²) in [4.78, 5) is 32.6. The quantitative estimate of drug-likeness (QED) is 0.663. The van der Waals surface area contributed by atoms with Gasteiger partial charge in [-0.25, -0.2) is 9.48 Å². The molecule has 0 saturated heterocycles. The Labute approximate surface area is 112 Å². The van der Waals surface area contributed by atoms with Gasteiger partial charge in [0.05, 0.1) is 4.92 Å². The molecule has 0 aliphatic carbocycles. The maximum atomic E-state index is 11.3. The number of aromatic nitrogens is 2. The molecular weight excluding hydrogens is 266 g/mol. The number of nitro groups is 1. The number of hydrogen-bond donors (Lipinski definition) is 1. The van der Waals surface area contributed by atoms with Crippen LogP contribution >= 0.6 is 0 Å². The average molecular weight is 275 g/mol. The fourth-order valence-corrected chi connectivity index (χ4v) is 1.66. The minimum atomic E-state index is -1.49. The van der Waals surface area contributed by atoms with Crippen LogP contribution in [-0.4, -0.2) is 25.8 Å². The van der Waals surface area contributed by atoms with Gasteiger partial charge in [0.15, 0.2) is 0 Å². The van der Waals surface area contributed by atoms with E-state index >= 15 is 0 Å². The molecule has 0 radical (unpaired) electrons. The Kier molecular flexibility index (Phi) is 3.30. The van der Waals surface area contributed by atoms with Gasteiger partial charge in [-0.1, -0.05) is 6.07 Å². The summed E-state index contributed by atoms with van der Waals surface area (Å²) in [6.45, 7) is 1.69. The van der Waals surface area contributed by atoms with E-state index in [2.05, 4.69) is 5.10 Å². The third-order valence-electron chi connectivity index (χ3n) is 2.59. The molecule has 102 valence electrons. The van der Waals surface area contributed by atoms with Crippen molar-refractivity contribution in [3.8, 4) is 5.69 Å². The minimum absolute atomic E-state index is 0.0862. The Bertz CT molecular complexity index is 766. The molecule has 0 amide bonds. The second kappa shape index (κ2) is 4.92. The van der Waals surface area contributed by atoms with Crippen molar-refractivity contribution < 1.29 is 14.8 Å². The van der Waals surface area contributed by atoms with Crippen LogP contribution in [-0.2, 0) is 0 Å². The standard InChI is InChI=1S/C12H9N3O5/c1-7-2-3-8(9(6-7)15(19)20)14-5-4-10(16)11(13-14)12(17)18/h2-6H,1H3,(H,17,18). The Morgan fingerprint density at radius 1 is 1.40 bits per heavy atom. The lowest BCUT2D eigenvalue weighted by Crippen LogP contribution is -2.20. The van der Waals surface area contributed by atoms with Crippen molar-refractivity contribution in [2.45, 2.75) is 6.92 Å². The van der Waals surface area contributed by atoms with E-state index < -0.39 is 22.0 Å². The molecule has 0 fully saturated rings. The van der Waals surface area contributed by atoms with Crippen LogP contribution in [0.3, 0.4) is 0 Å². The molecule has 20 heavy (non-hydrogen) atoms. The zero-order valence-corrected chi connectivity index (χ0v) is 10.3.